The molecule has 1 aliphatic rings. The number of hydrogen-bond acceptors (Lipinski definition) is 7. The van der Waals surface area contributed by atoms with Gasteiger partial charge in [0, 0.05) is 17.2 Å². The lowest BCUT2D eigenvalue weighted by molar-refractivity contribution is 0.290. The Morgan fingerprint density at radius 3 is 2.77 bits per heavy atom. The molecule has 3 heterocycles. The van der Waals surface area contributed by atoms with Gasteiger partial charge in [-0.3, -0.25) is 0 Å². The molecule has 0 spiro atoms. The molecule has 7 nitrogen and oxygen atoms in total. The van der Waals surface area contributed by atoms with Gasteiger partial charge in [-0.2, -0.15) is 0 Å². The summed E-state index contributed by atoms with van der Waals surface area (Å²) in [6.45, 7) is 4.88. The van der Waals surface area contributed by atoms with Crippen LogP contribution in [-0.4, -0.2) is 21.6 Å². The molecule has 0 unspecified atom stereocenters. The monoisotopic (exact) mass is 349 g/mol. The third-order valence-electron chi connectivity index (χ3n) is 4.18. The van der Waals surface area contributed by atoms with Crippen LogP contribution in [-0.2, 0) is 5.41 Å². The average molecular weight is 349 g/mol. The van der Waals surface area contributed by atoms with E-state index in [9.17, 15) is 0 Å². The van der Waals surface area contributed by atoms with E-state index in [0.717, 1.165) is 17.1 Å². The number of rotatable bonds is 4. The molecule has 3 N–H and O–H groups in total. The van der Waals surface area contributed by atoms with Gasteiger partial charge in [0.25, 0.3) is 0 Å². The average Bonchev–Trinajstić information content (AvgIpc) is 2.95. The molecule has 0 atom stereocenters. The first-order valence-corrected chi connectivity index (χ1v) is 8.27. The van der Waals surface area contributed by atoms with Crippen molar-refractivity contribution in [2.24, 2.45) is 0 Å². The number of nitrogens with two attached hydrogens (primary N) is 1. The van der Waals surface area contributed by atoms with Gasteiger partial charge in [-0.25, -0.2) is 15.0 Å². The van der Waals surface area contributed by atoms with Crippen LogP contribution in [0.4, 0.5) is 17.3 Å². The lowest BCUT2D eigenvalue weighted by Gasteiger charge is -2.18. The molecule has 0 fully saturated rings. The van der Waals surface area contributed by atoms with E-state index in [1.165, 1.54) is 0 Å². The number of nitrogens with one attached hydrogen (secondary N) is 1. The second-order valence-corrected chi connectivity index (χ2v) is 6.71. The Balaban J connectivity index is 1.54. The molecule has 0 saturated carbocycles. The highest BCUT2D eigenvalue weighted by atomic mass is 16.5. The van der Waals surface area contributed by atoms with Gasteiger partial charge in [-0.1, -0.05) is 19.9 Å². The summed E-state index contributed by atoms with van der Waals surface area (Å²) in [4.78, 5) is 12.8. The standard InChI is InChI=1S/C19H19N5O2/c1-19(2)11-25-13-6-3-7-14(17(13)19)26-16-10-22-15(9-23-16)24-18-12(20)5-4-8-21-18/h3-10H,11,20H2,1-2H3,(H,21,22,24). The van der Waals surface area contributed by atoms with Crippen molar-refractivity contribution in [2.75, 3.05) is 17.7 Å². The summed E-state index contributed by atoms with van der Waals surface area (Å²) in [5.74, 6) is 3.05. The predicted molar refractivity (Wildman–Crippen MR) is 99.0 cm³/mol. The summed E-state index contributed by atoms with van der Waals surface area (Å²) in [7, 11) is 0. The minimum absolute atomic E-state index is 0.114. The van der Waals surface area contributed by atoms with Crippen molar-refractivity contribution in [2.45, 2.75) is 19.3 Å². The fourth-order valence-electron chi connectivity index (χ4n) is 2.90. The minimum Gasteiger partial charge on any atom is -0.492 e. The van der Waals surface area contributed by atoms with Gasteiger partial charge >= 0.3 is 0 Å². The molecule has 4 rings (SSSR count). The zero-order valence-corrected chi connectivity index (χ0v) is 14.6. The Bertz CT molecular complexity index is 941. The maximum Gasteiger partial charge on any atom is 0.237 e. The first-order chi connectivity index (χ1) is 12.5. The summed E-state index contributed by atoms with van der Waals surface area (Å²) < 4.78 is 11.7. The number of nitrogen functional groups attached to an aromatic ring is 1. The summed E-state index contributed by atoms with van der Waals surface area (Å²) in [5.41, 5.74) is 7.34. The number of benzene rings is 1. The molecule has 0 bridgehead atoms. The quantitative estimate of drug-likeness (QED) is 0.742. The van der Waals surface area contributed by atoms with E-state index in [0.29, 0.717) is 29.8 Å². The Kier molecular flexibility index (Phi) is 3.84. The molecule has 3 aromatic rings. The Morgan fingerprint density at radius 2 is 2.00 bits per heavy atom. The molecular formula is C19H19N5O2. The third-order valence-corrected chi connectivity index (χ3v) is 4.18. The molecule has 0 amide bonds. The van der Waals surface area contributed by atoms with Crippen LogP contribution in [0.15, 0.2) is 48.9 Å². The van der Waals surface area contributed by atoms with Crippen molar-refractivity contribution < 1.29 is 9.47 Å². The molecule has 1 aromatic carbocycles. The van der Waals surface area contributed by atoms with Crippen molar-refractivity contribution in [1.29, 1.82) is 0 Å². The summed E-state index contributed by atoms with van der Waals surface area (Å²) in [6, 6.07) is 9.31. The highest BCUT2D eigenvalue weighted by molar-refractivity contribution is 5.66. The predicted octanol–water partition coefficient (Wildman–Crippen LogP) is 3.66. The van der Waals surface area contributed by atoms with Crippen LogP contribution < -0.4 is 20.5 Å². The minimum atomic E-state index is -0.114. The number of pyridine rings is 1. The van der Waals surface area contributed by atoms with E-state index in [1.54, 1.807) is 30.7 Å². The van der Waals surface area contributed by atoms with Gasteiger partial charge in [-0.15, -0.1) is 0 Å². The largest absolute Gasteiger partial charge is 0.492 e. The van der Waals surface area contributed by atoms with Gasteiger partial charge in [0.1, 0.15) is 17.3 Å². The number of nitrogens with zero attached hydrogens (tertiary/aromatic N) is 3. The van der Waals surface area contributed by atoms with E-state index in [-0.39, 0.29) is 5.41 Å². The molecule has 0 saturated heterocycles. The molecular weight excluding hydrogens is 330 g/mol. The number of ether oxygens (including phenoxy) is 2. The first kappa shape index (κ1) is 16.1. The van der Waals surface area contributed by atoms with Crippen LogP contribution in [0.3, 0.4) is 0 Å². The molecule has 0 aliphatic carbocycles. The highest BCUT2D eigenvalue weighted by Gasteiger charge is 2.35. The molecule has 26 heavy (non-hydrogen) atoms. The fourth-order valence-corrected chi connectivity index (χ4v) is 2.90. The van der Waals surface area contributed by atoms with Crippen LogP contribution in [0, 0.1) is 0 Å². The number of aromatic nitrogens is 3. The number of hydrogen-bond donors (Lipinski definition) is 2. The van der Waals surface area contributed by atoms with Crippen LogP contribution in [0.2, 0.25) is 0 Å². The molecule has 2 aromatic heterocycles. The molecule has 0 radical (unpaired) electrons. The van der Waals surface area contributed by atoms with Crippen LogP contribution in [0.25, 0.3) is 0 Å². The van der Waals surface area contributed by atoms with Gasteiger partial charge in [0.15, 0.2) is 5.82 Å². The van der Waals surface area contributed by atoms with E-state index < -0.39 is 0 Å². The fraction of sp³-hybridized carbons (Fsp3) is 0.211. The van der Waals surface area contributed by atoms with Crippen molar-refractivity contribution in [1.82, 2.24) is 15.0 Å². The van der Waals surface area contributed by atoms with E-state index in [4.69, 9.17) is 15.2 Å². The van der Waals surface area contributed by atoms with E-state index >= 15 is 0 Å². The van der Waals surface area contributed by atoms with Gasteiger partial charge in [-0.05, 0) is 24.3 Å². The van der Waals surface area contributed by atoms with Crippen molar-refractivity contribution >= 4 is 17.3 Å². The van der Waals surface area contributed by atoms with Crippen LogP contribution in [0.1, 0.15) is 19.4 Å². The summed E-state index contributed by atoms with van der Waals surface area (Å²) >= 11 is 0. The summed E-state index contributed by atoms with van der Waals surface area (Å²) in [5, 5.41) is 3.03. The maximum absolute atomic E-state index is 5.96. The van der Waals surface area contributed by atoms with Gasteiger partial charge in [0.2, 0.25) is 5.88 Å². The number of fused-ring (bicyclic) bond motifs is 1. The van der Waals surface area contributed by atoms with Crippen LogP contribution >= 0.6 is 0 Å². The van der Waals surface area contributed by atoms with Crippen molar-refractivity contribution in [3.63, 3.8) is 0 Å². The zero-order valence-electron chi connectivity index (χ0n) is 14.6. The lowest BCUT2D eigenvalue weighted by Crippen LogP contribution is -2.19. The highest BCUT2D eigenvalue weighted by Crippen LogP contribution is 2.45. The van der Waals surface area contributed by atoms with Crippen molar-refractivity contribution in [3.05, 3.63) is 54.5 Å². The molecule has 7 heteroatoms. The number of anilines is 3. The second-order valence-electron chi connectivity index (χ2n) is 6.71. The molecule has 1 aliphatic heterocycles. The normalized spacial score (nSPS) is 14.4. The first-order valence-electron chi connectivity index (χ1n) is 8.27. The van der Waals surface area contributed by atoms with E-state index in [2.05, 4.69) is 34.1 Å². The van der Waals surface area contributed by atoms with Gasteiger partial charge < -0.3 is 20.5 Å². The lowest BCUT2D eigenvalue weighted by atomic mass is 9.86. The topological polar surface area (TPSA) is 95.2 Å². The summed E-state index contributed by atoms with van der Waals surface area (Å²) in [6.07, 6.45) is 4.79. The van der Waals surface area contributed by atoms with Crippen LogP contribution in [0.5, 0.6) is 17.4 Å². The van der Waals surface area contributed by atoms with Crippen molar-refractivity contribution in [3.8, 4) is 17.4 Å². The molecule has 132 valence electrons. The SMILES string of the molecule is CC1(C)COc2cccc(Oc3cnc(Nc4ncccc4N)cn3)c21. The smallest absolute Gasteiger partial charge is 0.237 e. The zero-order chi connectivity index (χ0) is 18.1. The Hall–Kier alpha value is -3.35. The van der Waals surface area contributed by atoms with Gasteiger partial charge in [0.05, 0.1) is 24.7 Å². The van der Waals surface area contributed by atoms with E-state index in [1.807, 2.05) is 18.2 Å². The Labute approximate surface area is 151 Å². The Morgan fingerprint density at radius 1 is 1.12 bits per heavy atom. The third kappa shape index (κ3) is 2.99. The maximum atomic E-state index is 5.96. The second kappa shape index (κ2) is 6.18.